The summed E-state index contributed by atoms with van der Waals surface area (Å²) in [6.45, 7) is -45.0. The number of hydrogen-bond acceptors (Lipinski definition) is 9. The topological polar surface area (TPSA) is 92.5 Å². The lowest BCUT2D eigenvalue weighted by Crippen LogP contribution is -2.73. The van der Waals surface area contributed by atoms with Crippen molar-refractivity contribution in [1.82, 2.24) is 0 Å². The van der Waals surface area contributed by atoms with Crippen molar-refractivity contribution in [1.29, 1.82) is 0 Å². The van der Waals surface area contributed by atoms with Gasteiger partial charge < -0.3 is 0 Å². The molecule has 9 nitrogen and oxygen atoms in total. The van der Waals surface area contributed by atoms with Crippen molar-refractivity contribution in [2.75, 3.05) is 39.6 Å². The van der Waals surface area contributed by atoms with E-state index in [0.29, 0.717) is 9.03 Å². The second-order valence-electron chi connectivity index (χ2n) is 34.0. The summed E-state index contributed by atoms with van der Waals surface area (Å²) < 4.78 is 1200. The molecule has 1 heterocycles. The molecule has 1 rings (SSSR count). The van der Waals surface area contributed by atoms with Crippen LogP contribution in [0.25, 0.3) is 0 Å². The average Bonchev–Trinajstić information content (AvgIpc) is 0.703. The predicted molar refractivity (Wildman–Crippen MR) is 332 cm³/mol. The third-order valence-corrected chi connectivity index (χ3v) is 31.1. The fraction of sp³-hybridized carbons (Fsp3) is 1.00. The summed E-state index contributed by atoms with van der Waals surface area (Å²) in [5.74, 6) is -313. The second kappa shape index (κ2) is 37.6. The van der Waals surface area contributed by atoms with Gasteiger partial charge in [-0.15, -0.1) is 13.5 Å². The maximum Gasteiger partial charge on any atom is 0.460 e. The normalized spacial score (nSPS) is 19.7. The van der Waals surface area contributed by atoms with Crippen LogP contribution in [0.2, 0.25) is 0 Å². The molecule has 0 amide bonds. The Kier molecular flexibility index (Phi) is 35.8. The molecule has 1 aliphatic heterocycles. The molecular formula is C60H48F78N3O6P3. The molecule has 0 spiro atoms. The highest BCUT2D eigenvalue weighted by Crippen LogP contribution is 2.84. The molecule has 2 unspecified atom stereocenters. The lowest BCUT2D eigenvalue weighted by atomic mass is 9.56. The number of nitrogens with zero attached hydrogens (tertiary/aromatic N) is 3. The van der Waals surface area contributed by atoms with E-state index in [1.165, 1.54) is 0 Å². The van der Waals surface area contributed by atoms with Crippen LogP contribution in [0.1, 0.15) is 83.1 Å². The summed E-state index contributed by atoms with van der Waals surface area (Å²) in [7, 11) is -33.6. The third kappa shape index (κ3) is 20.1. The fourth-order valence-corrected chi connectivity index (χ4v) is 19.9. The SMILES string of the molecule is CC(C)(F)C(C)(C)C(C)(C)C(F)(F)C(F)(F)C(F)(F)C(F)(F)COP1(OCC(F)(F)C(F)(F)C(F)(F)C(F)(F)C(F)(F)C(F)(F)C(F)(F)F)=NP(OCC(F)(F)C(F)(F)C(F)(F)C(F)(F)C(C)(C)C(C)(C)C(C)(C)F)(OCC(F)(F)C(F)(F)C(F)(F)C(F)(F)C(F)(F)C(F)(F)C(F)(F)F)=NP(OCC(F)(F)C(F)(F)C(F)(F)C(F)(F)C(F)(F)C(F)(F)C(F)(F)F)(OCC(F)(F)C(F)(F)C(F)(F)C(F)(F)C(F)(F)C(F)(F)C(F)(F)F)=N1. The second-order valence-corrected chi connectivity index (χ2v) is 40.6. The van der Waals surface area contributed by atoms with E-state index in [1.54, 1.807) is 0 Å². The van der Waals surface area contributed by atoms with Gasteiger partial charge in [0.25, 0.3) is 0 Å². The lowest BCUT2D eigenvalue weighted by molar-refractivity contribution is -0.453. The highest BCUT2D eigenvalue weighted by molar-refractivity contribution is 7.78. The molecule has 0 aromatic rings. The Labute approximate surface area is 776 Å². The monoisotopic (exact) mass is 2480 g/mol. The summed E-state index contributed by atoms with van der Waals surface area (Å²) in [5, 5.41) is 0. The van der Waals surface area contributed by atoms with Gasteiger partial charge in [-0.3, -0.25) is 27.1 Å². The van der Waals surface area contributed by atoms with Crippen molar-refractivity contribution in [2.24, 2.45) is 35.2 Å². The minimum absolute atomic E-state index is 0.258. The number of rotatable bonds is 50. The van der Waals surface area contributed by atoms with Crippen LogP contribution in [0.4, 0.5) is 342 Å². The Morgan fingerprint density at radius 2 is 0.207 bits per heavy atom. The van der Waals surface area contributed by atoms with Crippen molar-refractivity contribution >= 4 is 23.0 Å². The van der Waals surface area contributed by atoms with Gasteiger partial charge in [0.1, 0.15) is 51.0 Å². The van der Waals surface area contributed by atoms with E-state index in [1.807, 2.05) is 0 Å². The Morgan fingerprint density at radius 1 is 0.120 bits per heavy atom. The summed E-state index contributed by atoms with van der Waals surface area (Å²) >= 11 is 0. The third-order valence-electron chi connectivity index (χ3n) is 22.9. The van der Waals surface area contributed by atoms with E-state index in [4.69, 9.17) is 0 Å². The first-order chi connectivity index (χ1) is 63.4. The average molecular weight is 2480 g/mol. The Hall–Kier alpha value is -5.01. The molecule has 0 aromatic carbocycles. The molecule has 0 radical (unpaired) electrons. The van der Waals surface area contributed by atoms with Crippen molar-refractivity contribution in [3.8, 4) is 0 Å². The van der Waals surface area contributed by atoms with Crippen LogP contribution in [0.15, 0.2) is 13.5 Å². The standard InChI is InChI=1S/C60H48F78N3O6P3/c1-19(2,23(9,10)61)21(5,6)31(75,76)39(91,92)33(79,80)25(63,64)13-142-148(144-15-27(67,68)35(83,84)41(95,96)45(103,104)49(111,112)53(119,120)57(127,128)129)139-149(143-14-26(65,66)34(81,82)40(93,94)32(77,78)22(7,8)20(3,4)24(11,12)62,145-16-28(69,70)36(85,86)42(97,98)46(105,106)50(113,114)54(121,122)58(130,131)132)141-150(140-148,146-17-29(71,72)37(87,88)43(99,100)47(107,108)51(115,116)55(123,124)59(133,134)135)147-18-30(73,74)38(89,90)44(101,102)48(109,110)52(117,118)56(125,126)60(136,137)138/h13-18H2,1-12H3. The molecule has 900 valence electrons. The summed E-state index contributed by atoms with van der Waals surface area (Å²) in [4.78, 5) is 0. The highest BCUT2D eigenvalue weighted by Gasteiger charge is 3.00. The smallest absolute Gasteiger partial charge is 0.300 e. The quantitative estimate of drug-likeness (QED) is 0.0445. The van der Waals surface area contributed by atoms with E-state index in [0.717, 1.165) is 4.52 Å². The van der Waals surface area contributed by atoms with Gasteiger partial charge in [-0.05, 0) is 27.7 Å². The zero-order valence-corrected chi connectivity index (χ0v) is 74.5. The maximum absolute atomic E-state index is 16.7. The van der Waals surface area contributed by atoms with Gasteiger partial charge in [-0.25, -0.2) is 8.78 Å². The minimum Gasteiger partial charge on any atom is -0.300 e. The molecule has 90 heteroatoms. The summed E-state index contributed by atoms with van der Waals surface area (Å²) in [5.41, 5.74) is -26.2. The first-order valence-electron chi connectivity index (χ1n) is 35.9. The van der Waals surface area contributed by atoms with Crippen LogP contribution in [-0.2, 0) is 27.1 Å². The van der Waals surface area contributed by atoms with E-state index in [2.05, 4.69) is 27.1 Å². The molecule has 0 fully saturated rings. The molecule has 0 aliphatic carbocycles. The van der Waals surface area contributed by atoms with E-state index >= 15 is 184 Å². The Morgan fingerprint density at radius 3 is 0.300 bits per heavy atom. The van der Waals surface area contributed by atoms with Crippen molar-refractivity contribution in [3.63, 3.8) is 0 Å². The number of hydrogen-bond donors (Lipinski definition) is 0. The van der Waals surface area contributed by atoms with Crippen LogP contribution in [0.3, 0.4) is 0 Å². The summed E-state index contributed by atoms with van der Waals surface area (Å²) in [6, 6.07) is 0. The van der Waals surface area contributed by atoms with Crippen LogP contribution in [0.5, 0.6) is 0 Å². The zero-order valence-electron chi connectivity index (χ0n) is 71.9. The summed E-state index contributed by atoms with van der Waals surface area (Å²) in [6.07, 6.45) is -36.1. The van der Waals surface area contributed by atoms with Crippen LogP contribution in [-0.4, -0.2) is 265 Å². The Bertz CT molecular complexity index is 4150. The fourth-order valence-electron chi connectivity index (χ4n) is 10.3. The van der Waals surface area contributed by atoms with E-state index in [-0.39, 0.29) is 55.4 Å². The maximum atomic E-state index is 16.7. The highest BCUT2D eigenvalue weighted by atomic mass is 31.3. The molecule has 0 saturated heterocycles. The predicted octanol–water partition coefficient (Wildman–Crippen LogP) is 34.1. The molecule has 150 heavy (non-hydrogen) atoms. The van der Waals surface area contributed by atoms with E-state index < -0.39 is 338 Å². The molecule has 1 aliphatic rings. The van der Waals surface area contributed by atoms with Gasteiger partial charge in [-0.1, -0.05) is 55.4 Å². The largest absolute Gasteiger partial charge is 0.460 e. The van der Waals surface area contributed by atoms with Crippen LogP contribution >= 0.6 is 23.0 Å². The van der Waals surface area contributed by atoms with Gasteiger partial charge in [0, 0.05) is 21.7 Å². The molecule has 2 atom stereocenters. The van der Waals surface area contributed by atoms with Gasteiger partial charge in [0.2, 0.25) is 0 Å². The van der Waals surface area contributed by atoms with Crippen LogP contribution < -0.4 is 0 Å². The van der Waals surface area contributed by atoms with Crippen molar-refractivity contribution in [3.05, 3.63) is 0 Å². The molecule has 0 aromatic heterocycles. The minimum atomic E-state index is -11.3. The van der Waals surface area contributed by atoms with Gasteiger partial charge in [0.05, 0.1) is 0 Å². The first-order valence-corrected chi connectivity index (χ1v) is 40.5. The van der Waals surface area contributed by atoms with Gasteiger partial charge in [-0.2, -0.15) is 334 Å². The Balaban J connectivity index is 6.84. The van der Waals surface area contributed by atoms with Gasteiger partial charge >= 0.3 is 237 Å². The molecule has 0 saturated carbocycles. The molecule has 0 N–H and O–H groups in total. The van der Waals surface area contributed by atoms with Crippen molar-refractivity contribution in [2.45, 2.75) is 309 Å². The number of alkyl halides is 78. The number of halogens is 78. The zero-order chi connectivity index (χ0) is 123. The molecule has 0 bridgehead atoms. The van der Waals surface area contributed by atoms with Crippen LogP contribution in [0, 0.1) is 21.7 Å². The van der Waals surface area contributed by atoms with E-state index in [9.17, 15) is 158 Å². The molecular weight excluding hydrogens is 2430 g/mol. The lowest BCUT2D eigenvalue weighted by Gasteiger charge is -2.53. The van der Waals surface area contributed by atoms with Crippen molar-refractivity contribution < 1.29 is 370 Å². The van der Waals surface area contributed by atoms with Gasteiger partial charge in [0.15, 0.2) is 0 Å². The first kappa shape index (κ1) is 143.